The Morgan fingerprint density at radius 3 is 2.69 bits per heavy atom. The van der Waals surface area contributed by atoms with Gasteiger partial charge in [-0.1, -0.05) is 0 Å². The summed E-state index contributed by atoms with van der Waals surface area (Å²) in [6.07, 6.45) is 2.25. The quantitative estimate of drug-likeness (QED) is 0.740. The smallest absolute Gasteiger partial charge is 0.240 e. The van der Waals surface area contributed by atoms with Crippen molar-refractivity contribution in [2.45, 2.75) is 30.7 Å². The summed E-state index contributed by atoms with van der Waals surface area (Å²) in [6.45, 7) is 4.24. The van der Waals surface area contributed by atoms with Gasteiger partial charge in [0, 0.05) is 12.6 Å². The zero-order valence-electron chi connectivity index (χ0n) is 14.7. The van der Waals surface area contributed by atoms with Crippen LogP contribution in [0.3, 0.4) is 0 Å². The number of ether oxygens (including phenoxy) is 1. The summed E-state index contributed by atoms with van der Waals surface area (Å²) in [6, 6.07) is 5.74. The van der Waals surface area contributed by atoms with E-state index < -0.39 is 15.8 Å². The number of halogens is 1. The monoisotopic (exact) mass is 398 g/mol. The summed E-state index contributed by atoms with van der Waals surface area (Å²) in [7, 11) is -3.80. The molecule has 0 bridgehead atoms. The van der Waals surface area contributed by atoms with Crippen LogP contribution < -0.4 is 9.46 Å². The van der Waals surface area contributed by atoms with Crippen LogP contribution in [0.1, 0.15) is 31.4 Å². The molecule has 0 amide bonds. The van der Waals surface area contributed by atoms with Gasteiger partial charge in [-0.2, -0.15) is 11.3 Å². The van der Waals surface area contributed by atoms with E-state index in [-0.39, 0.29) is 23.2 Å². The lowest BCUT2D eigenvalue weighted by Gasteiger charge is -2.27. The number of rotatable bonds is 8. The number of thiophene rings is 1. The standard InChI is InChI=1S/C18H23FN2O3S2/c1-2-24-18-6-5-15(11-16(18)19)26(22,23)20-12-17(14-7-10-25-13-14)21-8-3-4-9-21/h5-7,10-11,13,17,20H,2-4,8-9,12H2,1H3. The molecule has 1 aliphatic heterocycles. The van der Waals surface area contributed by atoms with Crippen LogP contribution in [-0.4, -0.2) is 39.6 Å². The lowest BCUT2D eigenvalue weighted by molar-refractivity contribution is 0.247. The van der Waals surface area contributed by atoms with Gasteiger partial charge in [-0.25, -0.2) is 17.5 Å². The van der Waals surface area contributed by atoms with Crippen molar-refractivity contribution in [2.24, 2.45) is 0 Å². The van der Waals surface area contributed by atoms with Gasteiger partial charge in [-0.05, 0) is 73.4 Å². The van der Waals surface area contributed by atoms with Crippen LogP contribution in [0.15, 0.2) is 39.9 Å². The Morgan fingerprint density at radius 2 is 2.08 bits per heavy atom. The summed E-state index contributed by atoms with van der Waals surface area (Å²) >= 11 is 1.60. The third kappa shape index (κ3) is 4.43. The molecule has 1 aliphatic rings. The Morgan fingerprint density at radius 1 is 1.31 bits per heavy atom. The first kappa shape index (κ1) is 19.3. The highest BCUT2D eigenvalue weighted by atomic mass is 32.2. The SMILES string of the molecule is CCOc1ccc(S(=O)(=O)NCC(c2ccsc2)N2CCCC2)cc1F. The van der Waals surface area contributed by atoms with E-state index in [4.69, 9.17) is 4.74 Å². The number of hydrogen-bond donors (Lipinski definition) is 1. The minimum Gasteiger partial charge on any atom is -0.491 e. The third-order valence-corrected chi connectivity index (χ3v) is 6.61. The van der Waals surface area contributed by atoms with Gasteiger partial charge in [-0.15, -0.1) is 0 Å². The number of benzene rings is 1. The second kappa shape index (κ2) is 8.47. The fraction of sp³-hybridized carbons (Fsp3) is 0.444. The molecule has 1 saturated heterocycles. The average molecular weight is 399 g/mol. The molecule has 1 unspecified atom stereocenters. The number of hydrogen-bond acceptors (Lipinski definition) is 5. The van der Waals surface area contributed by atoms with E-state index in [0.717, 1.165) is 37.6 Å². The molecule has 1 aromatic carbocycles. The van der Waals surface area contributed by atoms with E-state index in [1.807, 2.05) is 16.8 Å². The number of nitrogens with one attached hydrogen (secondary N) is 1. The molecule has 8 heteroatoms. The minimum absolute atomic E-state index is 0.00827. The first-order valence-corrected chi connectivity index (χ1v) is 11.1. The highest BCUT2D eigenvalue weighted by Crippen LogP contribution is 2.27. The molecule has 1 N–H and O–H groups in total. The molecule has 2 heterocycles. The van der Waals surface area contributed by atoms with Gasteiger partial charge in [0.05, 0.1) is 11.5 Å². The summed E-state index contributed by atoms with van der Waals surface area (Å²) in [4.78, 5) is 2.20. The van der Waals surface area contributed by atoms with Crippen LogP contribution >= 0.6 is 11.3 Å². The Hall–Kier alpha value is -1.48. The summed E-state index contributed by atoms with van der Waals surface area (Å²) in [5.41, 5.74) is 1.11. The summed E-state index contributed by atoms with van der Waals surface area (Å²) in [5, 5.41) is 4.04. The molecule has 1 atom stereocenters. The summed E-state index contributed by atoms with van der Waals surface area (Å²) < 4.78 is 47.0. The van der Waals surface area contributed by atoms with E-state index in [1.165, 1.54) is 12.1 Å². The largest absolute Gasteiger partial charge is 0.491 e. The fourth-order valence-corrected chi connectivity index (χ4v) is 4.93. The van der Waals surface area contributed by atoms with Crippen molar-refractivity contribution >= 4 is 21.4 Å². The maximum atomic E-state index is 14.0. The number of likely N-dealkylation sites (tertiary alicyclic amines) is 1. The van der Waals surface area contributed by atoms with Crippen LogP contribution in [0.2, 0.25) is 0 Å². The molecule has 26 heavy (non-hydrogen) atoms. The van der Waals surface area contributed by atoms with Crippen molar-refractivity contribution in [2.75, 3.05) is 26.2 Å². The van der Waals surface area contributed by atoms with Crippen molar-refractivity contribution < 1.29 is 17.5 Å². The van der Waals surface area contributed by atoms with Crippen molar-refractivity contribution in [3.05, 3.63) is 46.4 Å². The summed E-state index contributed by atoms with van der Waals surface area (Å²) in [5.74, 6) is -0.622. The molecule has 1 fully saturated rings. The maximum absolute atomic E-state index is 14.0. The van der Waals surface area contributed by atoms with E-state index in [2.05, 4.69) is 9.62 Å². The van der Waals surface area contributed by atoms with Crippen LogP contribution in [0.25, 0.3) is 0 Å². The van der Waals surface area contributed by atoms with E-state index >= 15 is 0 Å². The maximum Gasteiger partial charge on any atom is 0.240 e. The molecule has 0 saturated carbocycles. The van der Waals surface area contributed by atoms with Gasteiger partial charge in [-0.3, -0.25) is 4.90 Å². The third-order valence-electron chi connectivity index (χ3n) is 4.49. The van der Waals surface area contributed by atoms with Gasteiger partial charge < -0.3 is 4.74 Å². The molecular formula is C18H23FN2O3S2. The fourth-order valence-electron chi connectivity index (χ4n) is 3.17. The molecule has 142 valence electrons. The van der Waals surface area contributed by atoms with Crippen LogP contribution in [-0.2, 0) is 10.0 Å². The van der Waals surface area contributed by atoms with Crippen LogP contribution in [0, 0.1) is 5.82 Å². The topological polar surface area (TPSA) is 58.6 Å². The lowest BCUT2D eigenvalue weighted by Crippen LogP contribution is -2.36. The van der Waals surface area contributed by atoms with Gasteiger partial charge in [0.1, 0.15) is 0 Å². The second-order valence-corrected chi connectivity index (χ2v) is 8.74. The Balaban J connectivity index is 1.74. The molecule has 1 aromatic heterocycles. The molecule has 5 nitrogen and oxygen atoms in total. The Labute approximate surface area is 157 Å². The van der Waals surface area contributed by atoms with E-state index in [0.29, 0.717) is 6.61 Å². The Kier molecular flexibility index (Phi) is 6.29. The van der Waals surface area contributed by atoms with Crippen molar-refractivity contribution in [1.82, 2.24) is 9.62 Å². The average Bonchev–Trinajstić information content (AvgIpc) is 3.31. The van der Waals surface area contributed by atoms with Gasteiger partial charge in [0.25, 0.3) is 0 Å². The minimum atomic E-state index is -3.80. The van der Waals surface area contributed by atoms with Crippen LogP contribution in [0.5, 0.6) is 5.75 Å². The molecule has 0 radical (unpaired) electrons. The van der Waals surface area contributed by atoms with E-state index in [9.17, 15) is 12.8 Å². The Bertz CT molecular complexity index is 819. The number of sulfonamides is 1. The predicted molar refractivity (Wildman–Crippen MR) is 101 cm³/mol. The van der Waals surface area contributed by atoms with Gasteiger partial charge >= 0.3 is 0 Å². The van der Waals surface area contributed by atoms with Crippen molar-refractivity contribution in [3.63, 3.8) is 0 Å². The molecule has 2 aromatic rings. The normalized spacial score (nSPS) is 16.7. The zero-order valence-corrected chi connectivity index (χ0v) is 16.3. The first-order valence-electron chi connectivity index (χ1n) is 8.69. The zero-order chi connectivity index (χ0) is 18.6. The predicted octanol–water partition coefficient (Wildman–Crippen LogP) is 3.40. The van der Waals surface area contributed by atoms with Crippen molar-refractivity contribution in [3.8, 4) is 5.75 Å². The van der Waals surface area contributed by atoms with Crippen LogP contribution in [0.4, 0.5) is 4.39 Å². The molecule has 0 aliphatic carbocycles. The second-order valence-electron chi connectivity index (χ2n) is 6.19. The van der Waals surface area contributed by atoms with Gasteiger partial charge in [0.15, 0.2) is 11.6 Å². The molecule has 0 spiro atoms. The molecular weight excluding hydrogens is 375 g/mol. The number of nitrogens with zero attached hydrogens (tertiary/aromatic N) is 1. The highest BCUT2D eigenvalue weighted by Gasteiger charge is 2.26. The van der Waals surface area contributed by atoms with Gasteiger partial charge in [0.2, 0.25) is 10.0 Å². The first-order chi connectivity index (χ1) is 12.5. The van der Waals surface area contributed by atoms with Crippen molar-refractivity contribution in [1.29, 1.82) is 0 Å². The molecule has 3 rings (SSSR count). The highest BCUT2D eigenvalue weighted by molar-refractivity contribution is 7.89. The van der Waals surface area contributed by atoms with E-state index in [1.54, 1.807) is 18.3 Å². The lowest BCUT2D eigenvalue weighted by atomic mass is 10.1.